The first-order chi connectivity index (χ1) is 4.83. The molecular formula is C6H9ClN2S. The maximum atomic E-state index is 5.66. The number of thiazole rings is 1. The summed E-state index contributed by atoms with van der Waals surface area (Å²) in [6.45, 7) is 3.08. The normalized spacial score (nSPS) is 9.80. The molecule has 0 radical (unpaired) electrons. The Morgan fingerprint density at radius 3 is 3.10 bits per heavy atom. The maximum absolute atomic E-state index is 5.66. The second kappa shape index (κ2) is 3.78. The van der Waals surface area contributed by atoms with E-state index in [4.69, 9.17) is 11.6 Å². The van der Waals surface area contributed by atoms with Crippen LogP contribution in [0.15, 0.2) is 6.20 Å². The molecule has 0 fully saturated rings. The summed E-state index contributed by atoms with van der Waals surface area (Å²) in [6, 6.07) is 0. The highest BCUT2D eigenvalue weighted by Gasteiger charge is 1.95. The summed E-state index contributed by atoms with van der Waals surface area (Å²) >= 11 is 7.13. The Hall–Kier alpha value is -0.280. The fourth-order valence-corrected chi connectivity index (χ4v) is 1.41. The fraction of sp³-hybridized carbons (Fsp3) is 0.500. The predicted octanol–water partition coefficient (Wildman–Crippen LogP) is 2.62. The molecule has 0 spiro atoms. The highest BCUT2D eigenvalue weighted by Crippen LogP contribution is 2.21. The lowest BCUT2D eigenvalue weighted by Crippen LogP contribution is -1.97. The van der Waals surface area contributed by atoms with E-state index in [0.717, 1.165) is 22.4 Å². The van der Waals surface area contributed by atoms with Crippen LogP contribution in [-0.4, -0.2) is 11.5 Å². The number of halogens is 1. The van der Waals surface area contributed by atoms with E-state index in [2.05, 4.69) is 17.2 Å². The molecule has 1 aromatic heterocycles. The Morgan fingerprint density at radius 2 is 2.60 bits per heavy atom. The van der Waals surface area contributed by atoms with E-state index in [1.54, 1.807) is 6.20 Å². The van der Waals surface area contributed by atoms with Crippen LogP contribution in [0, 0.1) is 0 Å². The van der Waals surface area contributed by atoms with Crippen LogP contribution in [0.2, 0.25) is 4.34 Å². The number of rotatable bonds is 3. The van der Waals surface area contributed by atoms with Gasteiger partial charge in [0, 0.05) is 6.54 Å². The summed E-state index contributed by atoms with van der Waals surface area (Å²) in [5.74, 6) is 0. The zero-order valence-corrected chi connectivity index (χ0v) is 7.30. The first kappa shape index (κ1) is 7.82. The molecule has 0 saturated carbocycles. The molecule has 1 aromatic rings. The number of aromatic nitrogens is 1. The van der Waals surface area contributed by atoms with Crippen molar-refractivity contribution in [2.75, 3.05) is 11.9 Å². The van der Waals surface area contributed by atoms with E-state index in [9.17, 15) is 0 Å². The Labute approximate surface area is 69.2 Å². The van der Waals surface area contributed by atoms with Gasteiger partial charge in [0.15, 0.2) is 5.13 Å². The van der Waals surface area contributed by atoms with Crippen LogP contribution in [0.5, 0.6) is 0 Å². The lowest BCUT2D eigenvalue weighted by atomic mass is 10.5. The Kier molecular flexibility index (Phi) is 2.96. The molecule has 10 heavy (non-hydrogen) atoms. The topological polar surface area (TPSA) is 24.9 Å². The minimum Gasteiger partial charge on any atom is -0.361 e. The van der Waals surface area contributed by atoms with Gasteiger partial charge in [0.25, 0.3) is 0 Å². The van der Waals surface area contributed by atoms with Crippen LogP contribution >= 0.6 is 22.9 Å². The van der Waals surface area contributed by atoms with Crippen LogP contribution in [0.1, 0.15) is 13.3 Å². The number of hydrogen-bond acceptors (Lipinski definition) is 3. The number of anilines is 1. The van der Waals surface area contributed by atoms with Gasteiger partial charge >= 0.3 is 0 Å². The van der Waals surface area contributed by atoms with E-state index >= 15 is 0 Å². The molecule has 0 aromatic carbocycles. The number of nitrogens with one attached hydrogen (secondary N) is 1. The summed E-state index contributed by atoms with van der Waals surface area (Å²) in [4.78, 5) is 4.03. The molecule has 2 nitrogen and oxygen atoms in total. The molecule has 0 unspecified atom stereocenters. The molecule has 0 aliphatic carbocycles. The molecule has 0 aliphatic rings. The van der Waals surface area contributed by atoms with Crippen LogP contribution in [0.4, 0.5) is 5.13 Å². The summed E-state index contributed by atoms with van der Waals surface area (Å²) in [6.07, 6.45) is 2.77. The van der Waals surface area contributed by atoms with E-state index in [0.29, 0.717) is 0 Å². The van der Waals surface area contributed by atoms with Crippen LogP contribution < -0.4 is 5.32 Å². The SMILES string of the molecule is CCCNc1ncc(Cl)s1. The van der Waals surface area contributed by atoms with Crippen molar-refractivity contribution in [3.63, 3.8) is 0 Å². The van der Waals surface area contributed by atoms with Crippen molar-refractivity contribution in [1.82, 2.24) is 4.98 Å². The molecule has 1 rings (SSSR count). The maximum Gasteiger partial charge on any atom is 0.184 e. The van der Waals surface area contributed by atoms with Gasteiger partial charge in [-0.1, -0.05) is 29.9 Å². The molecule has 0 saturated heterocycles. The van der Waals surface area contributed by atoms with Gasteiger partial charge in [0.1, 0.15) is 4.34 Å². The van der Waals surface area contributed by atoms with Crippen molar-refractivity contribution < 1.29 is 0 Å². The average Bonchev–Trinajstić information content (AvgIpc) is 2.31. The monoisotopic (exact) mass is 176 g/mol. The van der Waals surface area contributed by atoms with Crippen molar-refractivity contribution in [3.05, 3.63) is 10.5 Å². The minimum atomic E-state index is 0.735. The van der Waals surface area contributed by atoms with Gasteiger partial charge in [-0.25, -0.2) is 4.98 Å². The molecule has 0 atom stereocenters. The zero-order chi connectivity index (χ0) is 7.40. The Bertz CT molecular complexity index is 199. The second-order valence-corrected chi connectivity index (χ2v) is 3.56. The lowest BCUT2D eigenvalue weighted by Gasteiger charge is -1.95. The van der Waals surface area contributed by atoms with E-state index in [1.165, 1.54) is 11.3 Å². The van der Waals surface area contributed by atoms with Crippen molar-refractivity contribution in [3.8, 4) is 0 Å². The standard InChI is InChI=1S/C6H9ClN2S/c1-2-3-8-6-9-4-5(7)10-6/h4H,2-3H2,1H3,(H,8,9). The molecule has 1 heterocycles. The second-order valence-electron chi connectivity index (χ2n) is 1.90. The van der Waals surface area contributed by atoms with Crippen molar-refractivity contribution >= 4 is 28.1 Å². The quantitative estimate of drug-likeness (QED) is 0.766. The first-order valence-electron chi connectivity index (χ1n) is 3.18. The molecule has 0 amide bonds. The van der Waals surface area contributed by atoms with Gasteiger partial charge < -0.3 is 5.32 Å². The highest BCUT2D eigenvalue weighted by atomic mass is 35.5. The number of hydrogen-bond donors (Lipinski definition) is 1. The summed E-state index contributed by atoms with van der Waals surface area (Å²) in [5.41, 5.74) is 0. The fourth-order valence-electron chi connectivity index (χ4n) is 0.568. The van der Waals surface area contributed by atoms with Crippen molar-refractivity contribution in [2.45, 2.75) is 13.3 Å². The van der Waals surface area contributed by atoms with Gasteiger partial charge in [-0.05, 0) is 6.42 Å². The number of nitrogens with zero attached hydrogens (tertiary/aromatic N) is 1. The Balaban J connectivity index is 2.42. The largest absolute Gasteiger partial charge is 0.361 e. The molecule has 0 bridgehead atoms. The van der Waals surface area contributed by atoms with Gasteiger partial charge in [0.2, 0.25) is 0 Å². The molecule has 56 valence electrons. The van der Waals surface area contributed by atoms with Crippen LogP contribution in [-0.2, 0) is 0 Å². The zero-order valence-electron chi connectivity index (χ0n) is 5.72. The predicted molar refractivity (Wildman–Crippen MR) is 45.9 cm³/mol. The Morgan fingerprint density at radius 1 is 1.80 bits per heavy atom. The van der Waals surface area contributed by atoms with Gasteiger partial charge in [-0.15, -0.1) is 0 Å². The van der Waals surface area contributed by atoms with E-state index in [-0.39, 0.29) is 0 Å². The summed E-state index contributed by atoms with van der Waals surface area (Å²) in [5, 5.41) is 4.05. The molecular weight excluding hydrogens is 168 g/mol. The van der Waals surface area contributed by atoms with Gasteiger partial charge in [-0.2, -0.15) is 0 Å². The summed E-state index contributed by atoms with van der Waals surface area (Å²) < 4.78 is 0.735. The van der Waals surface area contributed by atoms with Crippen LogP contribution in [0.3, 0.4) is 0 Å². The third-order valence-electron chi connectivity index (χ3n) is 1.00. The van der Waals surface area contributed by atoms with Crippen molar-refractivity contribution in [2.24, 2.45) is 0 Å². The lowest BCUT2D eigenvalue weighted by molar-refractivity contribution is 0.976. The van der Waals surface area contributed by atoms with E-state index in [1.807, 2.05) is 0 Å². The van der Waals surface area contributed by atoms with Gasteiger partial charge in [-0.3, -0.25) is 0 Å². The molecule has 4 heteroatoms. The van der Waals surface area contributed by atoms with Crippen molar-refractivity contribution in [1.29, 1.82) is 0 Å². The van der Waals surface area contributed by atoms with E-state index < -0.39 is 0 Å². The third kappa shape index (κ3) is 2.15. The van der Waals surface area contributed by atoms with Gasteiger partial charge in [0.05, 0.1) is 6.20 Å². The first-order valence-corrected chi connectivity index (χ1v) is 4.37. The average molecular weight is 177 g/mol. The third-order valence-corrected chi connectivity index (χ3v) is 2.08. The molecule has 0 aliphatic heterocycles. The van der Waals surface area contributed by atoms with Crippen LogP contribution in [0.25, 0.3) is 0 Å². The minimum absolute atomic E-state index is 0.735. The summed E-state index contributed by atoms with van der Waals surface area (Å²) in [7, 11) is 0. The molecule has 1 N–H and O–H groups in total. The smallest absolute Gasteiger partial charge is 0.184 e. The highest BCUT2D eigenvalue weighted by molar-refractivity contribution is 7.19.